The summed E-state index contributed by atoms with van der Waals surface area (Å²) in [4.78, 5) is 59.6. The number of nitrogens with zero attached hydrogens (tertiary/aromatic N) is 1. The van der Waals surface area contributed by atoms with Gasteiger partial charge in [0.15, 0.2) is 5.96 Å². The van der Waals surface area contributed by atoms with E-state index in [0.29, 0.717) is 25.0 Å². The smallest absolute Gasteiger partial charge is 0.243 e. The molecule has 4 atom stereocenters. The maximum Gasteiger partial charge on any atom is 0.243 e. The van der Waals surface area contributed by atoms with Crippen molar-refractivity contribution in [2.24, 2.45) is 27.9 Å². The first kappa shape index (κ1) is 34.9. The van der Waals surface area contributed by atoms with Gasteiger partial charge in [-0.05, 0) is 54.9 Å². The van der Waals surface area contributed by atoms with Gasteiger partial charge >= 0.3 is 0 Å². The Bertz CT molecular complexity index is 1460. The van der Waals surface area contributed by atoms with Crippen molar-refractivity contribution in [3.8, 4) is 0 Å². The van der Waals surface area contributed by atoms with Gasteiger partial charge in [-0.2, -0.15) is 11.8 Å². The van der Waals surface area contributed by atoms with Crippen molar-refractivity contribution in [1.29, 1.82) is 0 Å². The molecule has 0 spiro atoms. The number of aromatic amines is 1. The molecule has 12 N–H and O–H groups in total. The number of hydrogen-bond acceptors (Lipinski definition) is 7. The van der Waals surface area contributed by atoms with Crippen LogP contribution in [-0.2, 0) is 32.0 Å². The van der Waals surface area contributed by atoms with E-state index in [4.69, 9.17) is 22.9 Å². The van der Waals surface area contributed by atoms with Crippen LogP contribution in [0.5, 0.6) is 0 Å². The first-order valence-corrected chi connectivity index (χ1v) is 16.1. The average molecular weight is 638 g/mol. The van der Waals surface area contributed by atoms with Crippen LogP contribution in [0.1, 0.15) is 30.4 Å². The summed E-state index contributed by atoms with van der Waals surface area (Å²) in [5, 5.41) is 9.11. The number of carbonyl (C=O) groups excluding carboxylic acids is 4. The fourth-order valence-electron chi connectivity index (χ4n) is 4.80. The van der Waals surface area contributed by atoms with Crippen molar-refractivity contribution in [3.63, 3.8) is 0 Å². The number of thioether (sulfide) groups is 1. The zero-order valence-corrected chi connectivity index (χ0v) is 26.1. The zero-order valence-electron chi connectivity index (χ0n) is 25.3. The highest BCUT2D eigenvalue weighted by atomic mass is 32.2. The molecule has 3 rings (SSSR count). The third-order valence-corrected chi connectivity index (χ3v) is 7.86. The number of carbonyl (C=O) groups is 4. The van der Waals surface area contributed by atoms with Gasteiger partial charge in [-0.3, -0.25) is 24.2 Å². The van der Waals surface area contributed by atoms with E-state index in [-0.39, 0.29) is 25.3 Å². The van der Waals surface area contributed by atoms with E-state index >= 15 is 0 Å². The van der Waals surface area contributed by atoms with Crippen molar-refractivity contribution in [2.45, 2.75) is 56.3 Å². The van der Waals surface area contributed by atoms with Crippen molar-refractivity contribution in [1.82, 2.24) is 20.9 Å². The highest BCUT2D eigenvalue weighted by molar-refractivity contribution is 7.98. The number of nitrogens with two attached hydrogens (primary N) is 4. The molecule has 13 nitrogen and oxygen atoms in total. The number of fused-ring (bicyclic) bond motifs is 1. The fourth-order valence-corrected chi connectivity index (χ4v) is 5.28. The highest BCUT2D eigenvalue weighted by Gasteiger charge is 2.30. The first-order valence-electron chi connectivity index (χ1n) is 14.7. The van der Waals surface area contributed by atoms with Gasteiger partial charge in [-0.1, -0.05) is 48.5 Å². The van der Waals surface area contributed by atoms with Crippen molar-refractivity contribution >= 4 is 52.3 Å². The normalized spacial score (nSPS) is 13.6. The highest BCUT2D eigenvalue weighted by Crippen LogP contribution is 2.19. The van der Waals surface area contributed by atoms with E-state index in [1.807, 2.05) is 60.9 Å². The molecule has 0 radical (unpaired) electrons. The Labute approximate surface area is 266 Å². The van der Waals surface area contributed by atoms with Crippen LogP contribution in [0.15, 0.2) is 65.8 Å². The Morgan fingerprint density at radius 2 is 1.44 bits per heavy atom. The number of rotatable bonds is 18. The van der Waals surface area contributed by atoms with Crippen molar-refractivity contribution < 1.29 is 19.2 Å². The summed E-state index contributed by atoms with van der Waals surface area (Å²) >= 11 is 1.51. The zero-order chi connectivity index (χ0) is 32.8. The van der Waals surface area contributed by atoms with Gasteiger partial charge in [-0.25, -0.2) is 0 Å². The second kappa shape index (κ2) is 17.7. The summed E-state index contributed by atoms with van der Waals surface area (Å²) in [6.45, 7) is 0.220. The number of nitrogens with one attached hydrogen (secondary N) is 4. The standard InChI is InChI=1S/C31H43N9O4S/c1-45-15-13-25(38-28(42)22(32)16-19-8-3-2-4-9-19)30(44)39-24(12-7-14-36-31(34)35)29(43)40-26(27(33)41)17-20-18-37-23-11-6-5-10-21(20)23/h2-6,8-11,18,22,24-26,37H,7,12-17,32H2,1H3,(H2,33,41)(H,38,42)(H,39,44)(H,40,43)(H4,34,35,36). The quantitative estimate of drug-likeness (QED) is 0.0536. The van der Waals surface area contributed by atoms with Crippen LogP contribution >= 0.6 is 11.8 Å². The molecule has 4 unspecified atom stereocenters. The van der Waals surface area contributed by atoms with Crippen molar-refractivity contribution in [3.05, 3.63) is 71.9 Å². The van der Waals surface area contributed by atoms with Gasteiger partial charge in [0.05, 0.1) is 6.04 Å². The molecule has 0 saturated heterocycles. The molecular weight excluding hydrogens is 594 g/mol. The van der Waals surface area contributed by atoms with Crippen LogP contribution in [0.25, 0.3) is 10.9 Å². The Kier molecular flexibility index (Phi) is 13.7. The minimum Gasteiger partial charge on any atom is -0.370 e. The van der Waals surface area contributed by atoms with E-state index in [9.17, 15) is 19.2 Å². The molecule has 3 aromatic rings. The van der Waals surface area contributed by atoms with E-state index in [0.717, 1.165) is 22.0 Å². The predicted octanol–water partition coefficient (Wildman–Crippen LogP) is 0.0268. The number of aromatic nitrogens is 1. The maximum absolute atomic E-state index is 13.5. The van der Waals surface area contributed by atoms with Gasteiger partial charge in [0.1, 0.15) is 18.1 Å². The topological polar surface area (TPSA) is 237 Å². The minimum atomic E-state index is -1.07. The molecule has 4 amide bonds. The van der Waals surface area contributed by atoms with Crippen LogP contribution in [-0.4, -0.2) is 77.3 Å². The van der Waals surface area contributed by atoms with E-state index in [2.05, 4.69) is 25.9 Å². The second-order valence-electron chi connectivity index (χ2n) is 10.7. The van der Waals surface area contributed by atoms with E-state index in [1.165, 1.54) is 11.8 Å². The molecule has 0 fully saturated rings. The molecule has 2 aromatic carbocycles. The molecule has 0 bridgehead atoms. The van der Waals surface area contributed by atoms with Crippen LogP contribution in [0, 0.1) is 0 Å². The summed E-state index contributed by atoms with van der Waals surface area (Å²) in [7, 11) is 0. The lowest BCUT2D eigenvalue weighted by Crippen LogP contribution is -2.58. The lowest BCUT2D eigenvalue weighted by atomic mass is 10.0. The summed E-state index contributed by atoms with van der Waals surface area (Å²) in [6.07, 6.45) is 4.91. The molecule has 1 heterocycles. The number of primary amides is 1. The number of aliphatic imine (C=N–C) groups is 1. The lowest BCUT2D eigenvalue weighted by molar-refractivity contribution is -0.133. The molecule has 0 saturated carbocycles. The summed E-state index contributed by atoms with van der Waals surface area (Å²) in [5.41, 5.74) is 25.3. The minimum absolute atomic E-state index is 0.0979. The van der Waals surface area contributed by atoms with Crippen LogP contribution in [0.4, 0.5) is 0 Å². The molecule has 1 aromatic heterocycles. The molecular formula is C31H43N9O4S. The van der Waals surface area contributed by atoms with Crippen molar-refractivity contribution in [2.75, 3.05) is 18.6 Å². The Morgan fingerprint density at radius 1 is 0.822 bits per heavy atom. The van der Waals surface area contributed by atoms with Gasteiger partial charge < -0.3 is 43.9 Å². The van der Waals surface area contributed by atoms with Gasteiger partial charge in [0, 0.05) is 30.1 Å². The Hall–Kier alpha value is -4.56. The van der Waals surface area contributed by atoms with Crippen LogP contribution in [0.3, 0.4) is 0 Å². The predicted molar refractivity (Wildman–Crippen MR) is 178 cm³/mol. The number of para-hydroxylation sites is 1. The summed E-state index contributed by atoms with van der Waals surface area (Å²) < 4.78 is 0. The monoisotopic (exact) mass is 637 g/mol. The molecule has 0 aliphatic rings. The molecule has 0 aliphatic heterocycles. The van der Waals surface area contributed by atoms with Gasteiger partial charge in [0.2, 0.25) is 23.6 Å². The average Bonchev–Trinajstić information content (AvgIpc) is 3.43. The van der Waals surface area contributed by atoms with E-state index in [1.54, 1.807) is 6.20 Å². The van der Waals surface area contributed by atoms with Gasteiger partial charge in [0.25, 0.3) is 0 Å². The number of benzene rings is 2. The molecule has 45 heavy (non-hydrogen) atoms. The van der Waals surface area contributed by atoms with Crippen LogP contribution < -0.4 is 38.9 Å². The summed E-state index contributed by atoms with van der Waals surface area (Å²) in [5.74, 6) is -1.90. The third-order valence-electron chi connectivity index (χ3n) is 7.22. The largest absolute Gasteiger partial charge is 0.370 e. The first-order chi connectivity index (χ1) is 21.6. The van der Waals surface area contributed by atoms with Gasteiger partial charge in [-0.15, -0.1) is 0 Å². The second-order valence-corrected chi connectivity index (χ2v) is 11.7. The Balaban J connectivity index is 1.73. The third kappa shape index (κ3) is 11.1. The SMILES string of the molecule is CSCCC(NC(=O)C(N)Cc1ccccc1)C(=O)NC(CCCN=C(N)N)C(=O)NC(Cc1c[nH]c2ccccc12)C(N)=O. The number of amides is 4. The van der Waals surface area contributed by atoms with E-state index < -0.39 is 47.8 Å². The lowest BCUT2D eigenvalue weighted by Gasteiger charge is -2.25. The number of hydrogen-bond donors (Lipinski definition) is 8. The Morgan fingerprint density at radius 3 is 2.11 bits per heavy atom. The molecule has 14 heteroatoms. The number of H-pyrrole nitrogens is 1. The molecule has 0 aliphatic carbocycles. The maximum atomic E-state index is 13.5. The number of guanidine groups is 1. The fraction of sp³-hybridized carbons (Fsp3) is 0.387. The summed E-state index contributed by atoms with van der Waals surface area (Å²) in [6, 6.07) is 13.0. The molecule has 242 valence electrons. The van der Waals surface area contributed by atoms with Crippen LogP contribution in [0.2, 0.25) is 0 Å².